The summed E-state index contributed by atoms with van der Waals surface area (Å²) in [6.45, 7) is 12.3. The summed E-state index contributed by atoms with van der Waals surface area (Å²) in [4.78, 5) is 9.37. The molecule has 1 atom stereocenters. The highest BCUT2D eigenvalue weighted by molar-refractivity contribution is 7.81. The summed E-state index contributed by atoms with van der Waals surface area (Å²) in [7, 11) is 0. The second-order valence-corrected chi connectivity index (χ2v) is 8.53. The van der Waals surface area contributed by atoms with Crippen molar-refractivity contribution in [2.45, 2.75) is 72.5 Å². The first-order valence-electron chi connectivity index (χ1n) is 11.4. The molecule has 1 aliphatic rings. The number of pyridine rings is 1. The normalized spacial score (nSPS) is 16.5. The van der Waals surface area contributed by atoms with Crippen LogP contribution in [-0.4, -0.2) is 16.1 Å². The number of nitrogens with two attached hydrogens (primary N) is 1. The quantitative estimate of drug-likeness (QED) is 0.283. The van der Waals surface area contributed by atoms with E-state index in [1.807, 2.05) is 33.8 Å². The number of nitrogens with zero attached hydrogens (tertiary/aromatic N) is 2. The van der Waals surface area contributed by atoms with E-state index in [4.69, 9.17) is 23.3 Å². The fourth-order valence-corrected chi connectivity index (χ4v) is 4.30. The summed E-state index contributed by atoms with van der Waals surface area (Å²) in [5.41, 5.74) is 15.1. The molecule has 4 heteroatoms. The summed E-state index contributed by atoms with van der Waals surface area (Å²) in [5, 5.41) is 0.210. The van der Waals surface area contributed by atoms with E-state index in [-0.39, 0.29) is 5.25 Å². The zero-order valence-electron chi connectivity index (χ0n) is 19.9. The van der Waals surface area contributed by atoms with Crippen LogP contribution < -0.4 is 5.73 Å². The number of amidine groups is 1. The molecular weight excluding hydrogens is 398 g/mol. The predicted octanol–water partition coefficient (Wildman–Crippen LogP) is 7.33. The maximum atomic E-state index is 5.86. The van der Waals surface area contributed by atoms with Crippen LogP contribution in [0.3, 0.4) is 0 Å². The van der Waals surface area contributed by atoms with Crippen molar-refractivity contribution in [3.05, 3.63) is 70.6 Å². The molecule has 0 saturated carbocycles. The minimum absolute atomic E-state index is 0.210. The van der Waals surface area contributed by atoms with Crippen LogP contribution in [0.5, 0.6) is 0 Å². The maximum Gasteiger partial charge on any atom is 0.0965 e. The maximum absolute atomic E-state index is 5.86. The molecule has 0 spiro atoms. The number of hydrogen-bond acceptors (Lipinski definition) is 3. The van der Waals surface area contributed by atoms with E-state index in [1.54, 1.807) is 0 Å². The molecule has 0 radical (unpaired) electrons. The number of aryl methyl sites for hydroxylation is 2. The van der Waals surface area contributed by atoms with E-state index in [9.17, 15) is 0 Å². The van der Waals surface area contributed by atoms with Crippen LogP contribution >= 0.6 is 12.6 Å². The van der Waals surface area contributed by atoms with Gasteiger partial charge in [0, 0.05) is 16.5 Å². The Balaban J connectivity index is 0.00000166. The van der Waals surface area contributed by atoms with E-state index < -0.39 is 0 Å². The predicted molar refractivity (Wildman–Crippen MR) is 140 cm³/mol. The number of thiol groups is 1. The smallest absolute Gasteiger partial charge is 0.0965 e. The van der Waals surface area contributed by atoms with E-state index in [2.05, 4.69) is 55.2 Å². The van der Waals surface area contributed by atoms with E-state index in [0.29, 0.717) is 5.84 Å². The molecule has 0 amide bonds. The van der Waals surface area contributed by atoms with Crippen LogP contribution in [0.15, 0.2) is 53.0 Å². The number of allylic oxidation sites excluding steroid dienone is 3. The van der Waals surface area contributed by atoms with Crippen molar-refractivity contribution in [3.63, 3.8) is 0 Å². The number of unbranched alkanes of at least 4 members (excludes halogenated alkanes) is 1. The Labute approximate surface area is 194 Å². The van der Waals surface area contributed by atoms with Gasteiger partial charge in [0.05, 0.1) is 17.2 Å². The highest BCUT2D eigenvalue weighted by Gasteiger charge is 2.22. The van der Waals surface area contributed by atoms with Gasteiger partial charge in [-0.1, -0.05) is 51.0 Å². The van der Waals surface area contributed by atoms with Gasteiger partial charge in [0.2, 0.25) is 0 Å². The number of rotatable bonds is 6. The largest absolute Gasteiger partial charge is 0.387 e. The first-order chi connectivity index (χ1) is 14.9. The summed E-state index contributed by atoms with van der Waals surface area (Å²) in [6.07, 6.45) is 6.48. The summed E-state index contributed by atoms with van der Waals surface area (Å²) in [5.74, 6) is 0.586. The van der Waals surface area contributed by atoms with Crippen LogP contribution in [-0.2, 0) is 6.42 Å². The molecule has 0 bridgehead atoms. The average molecular weight is 436 g/mol. The molecule has 3 rings (SSSR count). The molecule has 3 nitrogen and oxygen atoms in total. The molecule has 166 valence electrons. The highest BCUT2D eigenvalue weighted by atomic mass is 32.1. The molecular formula is C27H37N3S. The van der Waals surface area contributed by atoms with Gasteiger partial charge < -0.3 is 5.73 Å². The average Bonchev–Trinajstić information content (AvgIpc) is 2.73. The molecule has 31 heavy (non-hydrogen) atoms. The molecule has 1 aromatic heterocycles. The minimum atomic E-state index is 0.210. The van der Waals surface area contributed by atoms with Gasteiger partial charge in [-0.3, -0.25) is 4.98 Å². The van der Waals surface area contributed by atoms with Crippen LogP contribution in [0.2, 0.25) is 0 Å². The Morgan fingerprint density at radius 2 is 1.94 bits per heavy atom. The third-order valence-electron chi connectivity index (χ3n) is 5.20. The fraction of sp³-hybridized carbons (Fsp3) is 0.407. The second kappa shape index (κ2) is 11.9. The molecule has 2 aromatic rings. The van der Waals surface area contributed by atoms with Crippen LogP contribution in [0.25, 0.3) is 11.1 Å². The Morgan fingerprint density at radius 1 is 1.19 bits per heavy atom. The molecule has 2 N–H and O–H groups in total. The van der Waals surface area contributed by atoms with Crippen molar-refractivity contribution in [2.75, 3.05) is 0 Å². The van der Waals surface area contributed by atoms with E-state index >= 15 is 0 Å². The molecule has 1 aliphatic carbocycles. The standard InChI is InChI=1S/C25H31N3S.C2H6/c1-5-6-9-20-14-19(11-12-23(20)28-18(4)26)22-15-21(29)13-16(2)25(22)24-10-7-8-17(3)27-24;1-2/h7-8,10-12,14-15,21,29H,5-6,9,13H2,1-4H3,(H2,26,28);1-2H3. The van der Waals surface area contributed by atoms with E-state index in [1.165, 1.54) is 27.8 Å². The summed E-state index contributed by atoms with van der Waals surface area (Å²) >= 11 is 4.78. The number of hydrogen-bond donors (Lipinski definition) is 2. The second-order valence-electron chi connectivity index (χ2n) is 7.87. The van der Waals surface area contributed by atoms with Crippen molar-refractivity contribution >= 4 is 35.3 Å². The summed E-state index contributed by atoms with van der Waals surface area (Å²) in [6, 6.07) is 12.7. The molecule has 0 fully saturated rings. The third-order valence-corrected chi connectivity index (χ3v) is 5.53. The van der Waals surface area contributed by atoms with Gasteiger partial charge in [0.1, 0.15) is 0 Å². The Hall–Kier alpha value is -2.33. The van der Waals surface area contributed by atoms with Crippen LogP contribution in [0.1, 0.15) is 76.4 Å². The SMILES string of the molecule is CC.CCCCc1cc(C2=CC(S)CC(C)=C2c2cccc(C)n2)ccc1N=C(C)N. The lowest BCUT2D eigenvalue weighted by atomic mass is 9.84. The Kier molecular flexibility index (Phi) is 9.57. The van der Waals surface area contributed by atoms with Crippen LogP contribution in [0.4, 0.5) is 5.69 Å². The lowest BCUT2D eigenvalue weighted by Crippen LogP contribution is -2.09. The van der Waals surface area contributed by atoms with E-state index in [0.717, 1.165) is 42.8 Å². The Bertz CT molecular complexity index is 982. The van der Waals surface area contributed by atoms with Crippen molar-refractivity contribution in [1.29, 1.82) is 0 Å². The van der Waals surface area contributed by atoms with Crippen LogP contribution in [0, 0.1) is 6.92 Å². The van der Waals surface area contributed by atoms with Gasteiger partial charge in [-0.2, -0.15) is 12.6 Å². The topological polar surface area (TPSA) is 51.3 Å². The van der Waals surface area contributed by atoms with Gasteiger partial charge in [0.15, 0.2) is 0 Å². The van der Waals surface area contributed by atoms with Crippen molar-refractivity contribution < 1.29 is 0 Å². The van der Waals surface area contributed by atoms with Crippen molar-refractivity contribution in [2.24, 2.45) is 10.7 Å². The molecule has 1 aromatic carbocycles. The first kappa shape index (κ1) is 24.9. The highest BCUT2D eigenvalue weighted by Crippen LogP contribution is 2.40. The lowest BCUT2D eigenvalue weighted by Gasteiger charge is -2.24. The Morgan fingerprint density at radius 3 is 2.58 bits per heavy atom. The monoisotopic (exact) mass is 435 g/mol. The van der Waals surface area contributed by atoms with Crippen molar-refractivity contribution in [3.8, 4) is 0 Å². The zero-order valence-corrected chi connectivity index (χ0v) is 20.8. The summed E-state index contributed by atoms with van der Waals surface area (Å²) < 4.78 is 0. The first-order valence-corrected chi connectivity index (χ1v) is 11.9. The van der Waals surface area contributed by atoms with Gasteiger partial charge >= 0.3 is 0 Å². The molecule has 1 heterocycles. The number of aromatic nitrogens is 1. The zero-order chi connectivity index (χ0) is 23.0. The molecule has 1 unspecified atom stereocenters. The fourth-order valence-electron chi connectivity index (χ4n) is 3.88. The molecule has 0 saturated heterocycles. The van der Waals surface area contributed by atoms with Crippen molar-refractivity contribution in [1.82, 2.24) is 4.98 Å². The van der Waals surface area contributed by atoms with Gasteiger partial charge in [-0.05, 0) is 81.0 Å². The van der Waals surface area contributed by atoms with Gasteiger partial charge in [-0.25, -0.2) is 4.99 Å². The molecule has 0 aliphatic heterocycles. The number of aliphatic imine (C=N–C) groups is 1. The number of benzene rings is 1. The lowest BCUT2D eigenvalue weighted by molar-refractivity contribution is 0.795. The van der Waals surface area contributed by atoms with Gasteiger partial charge in [0.25, 0.3) is 0 Å². The minimum Gasteiger partial charge on any atom is -0.387 e. The van der Waals surface area contributed by atoms with Gasteiger partial charge in [-0.15, -0.1) is 0 Å². The third kappa shape index (κ3) is 6.57.